The summed E-state index contributed by atoms with van der Waals surface area (Å²) >= 11 is 0. The zero-order valence-corrected chi connectivity index (χ0v) is 10.7. The van der Waals surface area contributed by atoms with E-state index in [1.807, 2.05) is 0 Å². The average molecular weight is 261 g/mol. The summed E-state index contributed by atoms with van der Waals surface area (Å²) in [6.45, 7) is 1.40. The monoisotopic (exact) mass is 261 g/mol. The van der Waals surface area contributed by atoms with Crippen LogP contribution in [0.4, 0.5) is 0 Å². The Hall–Kier alpha value is -1.18. The van der Waals surface area contributed by atoms with Crippen LogP contribution in [0.3, 0.4) is 0 Å². The van der Waals surface area contributed by atoms with Gasteiger partial charge in [-0.15, -0.1) is 0 Å². The van der Waals surface area contributed by atoms with Gasteiger partial charge in [-0.05, 0) is 6.42 Å². The van der Waals surface area contributed by atoms with Crippen molar-refractivity contribution < 1.29 is 28.5 Å². The third-order valence-corrected chi connectivity index (χ3v) is 2.59. The van der Waals surface area contributed by atoms with Gasteiger partial charge in [-0.3, -0.25) is 14.5 Å². The lowest BCUT2D eigenvalue weighted by atomic mass is 10.2. The van der Waals surface area contributed by atoms with Gasteiger partial charge in [0.1, 0.15) is 6.79 Å². The number of ether oxygens (including phenoxy) is 4. The van der Waals surface area contributed by atoms with Crippen LogP contribution in [0.25, 0.3) is 0 Å². The second-order valence-corrected chi connectivity index (χ2v) is 3.93. The number of hydrogen-bond donors (Lipinski definition) is 0. The van der Waals surface area contributed by atoms with Crippen molar-refractivity contribution in [3.8, 4) is 0 Å². The van der Waals surface area contributed by atoms with Crippen LogP contribution >= 0.6 is 0 Å². The van der Waals surface area contributed by atoms with Crippen molar-refractivity contribution in [2.75, 3.05) is 47.3 Å². The Bertz CT molecular complexity index is 259. The summed E-state index contributed by atoms with van der Waals surface area (Å²) < 4.78 is 19.6. The molecule has 0 aromatic heterocycles. The highest BCUT2D eigenvalue weighted by atomic mass is 16.7. The fraction of sp³-hybridized carbons (Fsp3) is 0.818. The van der Waals surface area contributed by atoms with E-state index in [1.165, 1.54) is 14.2 Å². The molecule has 1 unspecified atom stereocenters. The molecule has 0 aliphatic carbocycles. The van der Waals surface area contributed by atoms with Crippen molar-refractivity contribution in [3.05, 3.63) is 0 Å². The molecule has 7 heteroatoms. The van der Waals surface area contributed by atoms with Crippen molar-refractivity contribution in [3.63, 3.8) is 0 Å². The zero-order chi connectivity index (χ0) is 13.4. The predicted molar refractivity (Wildman–Crippen MR) is 60.8 cm³/mol. The van der Waals surface area contributed by atoms with E-state index in [-0.39, 0.29) is 26.0 Å². The highest BCUT2D eigenvalue weighted by Gasteiger charge is 2.22. The molecule has 0 amide bonds. The van der Waals surface area contributed by atoms with Gasteiger partial charge < -0.3 is 18.9 Å². The number of carbonyl (C=O) groups excluding carboxylic acids is 2. The lowest BCUT2D eigenvalue weighted by Crippen LogP contribution is -2.42. The number of hydrogen-bond acceptors (Lipinski definition) is 7. The molecule has 104 valence electrons. The number of esters is 2. The van der Waals surface area contributed by atoms with Crippen LogP contribution in [0.1, 0.15) is 6.42 Å². The van der Waals surface area contributed by atoms with Crippen LogP contribution in [-0.4, -0.2) is 70.2 Å². The van der Waals surface area contributed by atoms with Crippen LogP contribution in [-0.2, 0) is 28.5 Å². The highest BCUT2D eigenvalue weighted by molar-refractivity contribution is 5.74. The van der Waals surface area contributed by atoms with E-state index in [2.05, 4.69) is 9.47 Å². The van der Waals surface area contributed by atoms with E-state index in [1.54, 1.807) is 4.90 Å². The van der Waals surface area contributed by atoms with Crippen molar-refractivity contribution >= 4 is 11.9 Å². The molecular formula is C11H19NO6. The SMILES string of the molecule is COC(=O)CN(CC(=O)OC)CC1CCOCO1. The van der Waals surface area contributed by atoms with Crippen LogP contribution < -0.4 is 0 Å². The molecule has 0 aromatic rings. The normalized spacial score (nSPS) is 19.6. The molecule has 0 radical (unpaired) electrons. The standard InChI is InChI=1S/C11H19NO6/c1-15-10(13)6-12(7-11(14)16-2)5-9-3-4-17-8-18-9/h9H,3-8H2,1-2H3. The Balaban J connectivity index is 2.46. The first-order valence-electron chi connectivity index (χ1n) is 5.71. The number of methoxy groups -OCH3 is 2. The molecule has 1 aliphatic heterocycles. The van der Waals surface area contributed by atoms with E-state index >= 15 is 0 Å². The van der Waals surface area contributed by atoms with Gasteiger partial charge in [-0.1, -0.05) is 0 Å². The van der Waals surface area contributed by atoms with Gasteiger partial charge in [0.25, 0.3) is 0 Å². The van der Waals surface area contributed by atoms with E-state index in [9.17, 15) is 9.59 Å². The lowest BCUT2D eigenvalue weighted by Gasteiger charge is -2.28. The summed E-state index contributed by atoms with van der Waals surface area (Å²) in [4.78, 5) is 24.2. The fourth-order valence-electron chi connectivity index (χ4n) is 1.61. The minimum absolute atomic E-state index is 0.0340. The smallest absolute Gasteiger partial charge is 0.319 e. The van der Waals surface area contributed by atoms with Crippen LogP contribution in [0.15, 0.2) is 0 Å². The van der Waals surface area contributed by atoms with Crippen LogP contribution in [0, 0.1) is 0 Å². The molecule has 1 aliphatic rings. The maximum absolute atomic E-state index is 11.3. The Morgan fingerprint density at radius 1 is 1.22 bits per heavy atom. The Kier molecular flexibility index (Phi) is 6.63. The molecule has 0 bridgehead atoms. The third kappa shape index (κ3) is 5.44. The summed E-state index contributed by atoms with van der Waals surface area (Å²) in [5.74, 6) is -0.795. The molecule has 1 atom stereocenters. The predicted octanol–water partition coefficient (Wildman–Crippen LogP) is -0.603. The average Bonchev–Trinajstić information content (AvgIpc) is 2.39. The largest absolute Gasteiger partial charge is 0.468 e. The van der Waals surface area contributed by atoms with Gasteiger partial charge >= 0.3 is 11.9 Å². The highest BCUT2D eigenvalue weighted by Crippen LogP contribution is 2.08. The van der Waals surface area contributed by atoms with E-state index in [4.69, 9.17) is 9.47 Å². The molecule has 1 saturated heterocycles. The first-order chi connectivity index (χ1) is 8.65. The molecule has 1 fully saturated rings. The summed E-state index contributed by atoms with van der Waals surface area (Å²) in [6, 6.07) is 0. The molecule has 0 saturated carbocycles. The molecule has 1 heterocycles. The molecular weight excluding hydrogens is 242 g/mol. The molecule has 0 N–H and O–H groups in total. The number of rotatable bonds is 6. The fourth-order valence-corrected chi connectivity index (χ4v) is 1.61. The van der Waals surface area contributed by atoms with E-state index in [0.717, 1.165) is 6.42 Å². The maximum atomic E-state index is 11.3. The summed E-state index contributed by atoms with van der Waals surface area (Å²) in [5, 5.41) is 0. The van der Waals surface area contributed by atoms with Gasteiger partial charge in [0, 0.05) is 6.54 Å². The van der Waals surface area contributed by atoms with Crippen LogP contribution in [0.5, 0.6) is 0 Å². The molecule has 0 spiro atoms. The summed E-state index contributed by atoms with van der Waals surface area (Å²) in [5.41, 5.74) is 0. The Morgan fingerprint density at radius 3 is 2.28 bits per heavy atom. The van der Waals surface area contributed by atoms with Gasteiger partial charge in [-0.25, -0.2) is 0 Å². The summed E-state index contributed by atoms with van der Waals surface area (Å²) in [6.07, 6.45) is 0.687. The molecule has 7 nitrogen and oxygen atoms in total. The Morgan fingerprint density at radius 2 is 1.83 bits per heavy atom. The molecule has 0 aromatic carbocycles. The zero-order valence-electron chi connectivity index (χ0n) is 10.7. The van der Waals surface area contributed by atoms with Crippen molar-refractivity contribution in [1.29, 1.82) is 0 Å². The minimum atomic E-state index is -0.397. The number of carbonyl (C=O) groups is 2. The minimum Gasteiger partial charge on any atom is -0.468 e. The van der Waals surface area contributed by atoms with Gasteiger partial charge in [0.15, 0.2) is 0 Å². The van der Waals surface area contributed by atoms with E-state index in [0.29, 0.717) is 13.2 Å². The van der Waals surface area contributed by atoms with Gasteiger partial charge in [-0.2, -0.15) is 0 Å². The third-order valence-electron chi connectivity index (χ3n) is 2.59. The number of nitrogens with zero attached hydrogens (tertiary/aromatic N) is 1. The van der Waals surface area contributed by atoms with Crippen molar-refractivity contribution in [2.24, 2.45) is 0 Å². The van der Waals surface area contributed by atoms with Gasteiger partial charge in [0.2, 0.25) is 0 Å². The first kappa shape index (κ1) is 14.9. The summed E-state index contributed by atoms with van der Waals surface area (Å²) in [7, 11) is 2.62. The molecule has 18 heavy (non-hydrogen) atoms. The topological polar surface area (TPSA) is 74.3 Å². The van der Waals surface area contributed by atoms with Crippen LogP contribution in [0.2, 0.25) is 0 Å². The Labute approximate surface area is 106 Å². The quantitative estimate of drug-likeness (QED) is 0.591. The second kappa shape index (κ2) is 8.02. The lowest BCUT2D eigenvalue weighted by molar-refractivity contribution is -0.154. The van der Waals surface area contributed by atoms with Crippen molar-refractivity contribution in [1.82, 2.24) is 4.90 Å². The van der Waals surface area contributed by atoms with Crippen molar-refractivity contribution in [2.45, 2.75) is 12.5 Å². The maximum Gasteiger partial charge on any atom is 0.319 e. The van der Waals surface area contributed by atoms with E-state index < -0.39 is 11.9 Å². The second-order valence-electron chi connectivity index (χ2n) is 3.93. The molecule has 1 rings (SSSR count). The first-order valence-corrected chi connectivity index (χ1v) is 5.71. The van der Waals surface area contributed by atoms with Gasteiger partial charge in [0.05, 0.1) is 40.0 Å².